The van der Waals surface area contributed by atoms with Gasteiger partial charge in [0, 0.05) is 23.6 Å². The number of para-hydroxylation sites is 1. The molecule has 0 bridgehead atoms. The fraction of sp³-hybridized carbons (Fsp3) is 0.333. The monoisotopic (exact) mass is 188 g/mol. The summed E-state index contributed by atoms with van der Waals surface area (Å²) in [7, 11) is 0. The van der Waals surface area contributed by atoms with Crippen LogP contribution in [0, 0.1) is 0 Å². The molecule has 74 valence electrons. The lowest BCUT2D eigenvalue weighted by molar-refractivity contribution is 0.873. The van der Waals surface area contributed by atoms with Crippen LogP contribution >= 0.6 is 0 Å². The molecule has 2 heteroatoms. The number of benzene rings is 1. The zero-order valence-electron chi connectivity index (χ0n) is 8.67. The Morgan fingerprint density at radius 1 is 1.36 bits per heavy atom. The Bertz CT molecular complexity index is 441. The van der Waals surface area contributed by atoms with Gasteiger partial charge in [-0.1, -0.05) is 32.0 Å². The molecular weight excluding hydrogens is 172 g/mol. The summed E-state index contributed by atoms with van der Waals surface area (Å²) in [5, 5.41) is 1.26. The van der Waals surface area contributed by atoms with Crippen LogP contribution in [-0.4, -0.2) is 4.98 Å². The summed E-state index contributed by atoms with van der Waals surface area (Å²) in [6.45, 7) is 5.01. The highest BCUT2D eigenvalue weighted by molar-refractivity contribution is 5.86. The topological polar surface area (TPSA) is 41.8 Å². The molecule has 0 atom stereocenters. The molecule has 0 radical (unpaired) electrons. The molecule has 0 unspecified atom stereocenters. The van der Waals surface area contributed by atoms with Crippen molar-refractivity contribution in [3.8, 4) is 0 Å². The minimum atomic E-state index is 0.544. The number of hydrogen-bond donors (Lipinski definition) is 2. The summed E-state index contributed by atoms with van der Waals surface area (Å²) < 4.78 is 0. The molecule has 0 aliphatic heterocycles. The van der Waals surface area contributed by atoms with Crippen molar-refractivity contribution in [3.63, 3.8) is 0 Å². The van der Waals surface area contributed by atoms with E-state index in [-0.39, 0.29) is 0 Å². The van der Waals surface area contributed by atoms with Crippen molar-refractivity contribution in [3.05, 3.63) is 35.5 Å². The summed E-state index contributed by atoms with van der Waals surface area (Å²) in [6, 6.07) is 6.40. The number of hydrogen-bond acceptors (Lipinski definition) is 1. The van der Waals surface area contributed by atoms with E-state index in [4.69, 9.17) is 5.73 Å². The molecule has 1 aromatic carbocycles. The zero-order chi connectivity index (χ0) is 10.1. The van der Waals surface area contributed by atoms with Crippen LogP contribution in [0.2, 0.25) is 0 Å². The van der Waals surface area contributed by atoms with E-state index in [1.54, 1.807) is 0 Å². The molecule has 0 aliphatic rings. The van der Waals surface area contributed by atoms with Crippen LogP contribution in [0.1, 0.15) is 30.9 Å². The first-order chi connectivity index (χ1) is 6.74. The number of fused-ring (bicyclic) bond motifs is 1. The SMILES string of the molecule is CC(C)c1cccc2c(CN)c[nH]c12. The van der Waals surface area contributed by atoms with Gasteiger partial charge in [0.15, 0.2) is 0 Å². The first kappa shape index (κ1) is 9.28. The maximum Gasteiger partial charge on any atom is 0.0492 e. The van der Waals surface area contributed by atoms with Gasteiger partial charge in [0.05, 0.1) is 0 Å². The van der Waals surface area contributed by atoms with Crippen molar-refractivity contribution < 1.29 is 0 Å². The van der Waals surface area contributed by atoms with Crippen molar-refractivity contribution >= 4 is 10.9 Å². The lowest BCUT2D eigenvalue weighted by atomic mass is 10.00. The van der Waals surface area contributed by atoms with Crippen LogP contribution in [-0.2, 0) is 6.54 Å². The Kier molecular flexibility index (Phi) is 2.30. The van der Waals surface area contributed by atoms with Crippen molar-refractivity contribution in [1.29, 1.82) is 0 Å². The molecule has 0 saturated carbocycles. The van der Waals surface area contributed by atoms with Crippen molar-refractivity contribution in [2.75, 3.05) is 0 Å². The lowest BCUT2D eigenvalue weighted by Gasteiger charge is -2.06. The van der Waals surface area contributed by atoms with Gasteiger partial charge in [-0.25, -0.2) is 0 Å². The summed E-state index contributed by atoms with van der Waals surface area (Å²) >= 11 is 0. The normalized spacial score (nSPS) is 11.4. The molecule has 0 saturated heterocycles. The minimum Gasteiger partial charge on any atom is -0.361 e. The first-order valence-corrected chi connectivity index (χ1v) is 5.03. The van der Waals surface area contributed by atoms with E-state index in [0.717, 1.165) is 0 Å². The van der Waals surface area contributed by atoms with E-state index in [0.29, 0.717) is 12.5 Å². The number of aromatic amines is 1. The van der Waals surface area contributed by atoms with Crippen LogP contribution in [0.15, 0.2) is 24.4 Å². The molecule has 14 heavy (non-hydrogen) atoms. The van der Waals surface area contributed by atoms with Crippen LogP contribution in [0.3, 0.4) is 0 Å². The molecule has 0 spiro atoms. The van der Waals surface area contributed by atoms with Gasteiger partial charge in [-0.05, 0) is 17.0 Å². The number of nitrogens with one attached hydrogen (secondary N) is 1. The van der Waals surface area contributed by atoms with Gasteiger partial charge in [-0.2, -0.15) is 0 Å². The van der Waals surface area contributed by atoms with Gasteiger partial charge < -0.3 is 10.7 Å². The standard InChI is InChI=1S/C12H16N2/c1-8(2)10-4-3-5-11-9(6-13)7-14-12(10)11/h3-5,7-8,14H,6,13H2,1-2H3. The van der Waals surface area contributed by atoms with Crippen LogP contribution in [0.5, 0.6) is 0 Å². The average molecular weight is 188 g/mol. The number of rotatable bonds is 2. The number of H-pyrrole nitrogens is 1. The Morgan fingerprint density at radius 3 is 2.79 bits per heavy atom. The predicted molar refractivity (Wildman–Crippen MR) is 60.3 cm³/mol. The summed E-state index contributed by atoms with van der Waals surface area (Å²) in [5.74, 6) is 0.544. The molecule has 0 fully saturated rings. The van der Waals surface area contributed by atoms with Crippen molar-refractivity contribution in [1.82, 2.24) is 4.98 Å². The third kappa shape index (κ3) is 1.32. The highest BCUT2D eigenvalue weighted by Gasteiger charge is 2.08. The fourth-order valence-corrected chi connectivity index (χ4v) is 1.89. The molecule has 0 amide bonds. The largest absolute Gasteiger partial charge is 0.361 e. The Hall–Kier alpha value is -1.28. The van der Waals surface area contributed by atoms with E-state index in [9.17, 15) is 0 Å². The van der Waals surface area contributed by atoms with Gasteiger partial charge in [0.2, 0.25) is 0 Å². The second-order valence-electron chi connectivity index (χ2n) is 3.94. The first-order valence-electron chi connectivity index (χ1n) is 5.03. The summed E-state index contributed by atoms with van der Waals surface area (Å²) in [5.41, 5.74) is 9.47. The molecule has 2 nitrogen and oxygen atoms in total. The smallest absolute Gasteiger partial charge is 0.0492 e. The Labute approximate surface area is 84.1 Å². The van der Waals surface area contributed by atoms with Crippen molar-refractivity contribution in [2.24, 2.45) is 5.73 Å². The molecule has 2 aromatic rings. The van der Waals surface area contributed by atoms with Crippen LogP contribution in [0.25, 0.3) is 10.9 Å². The Balaban J connectivity index is 2.70. The zero-order valence-corrected chi connectivity index (χ0v) is 8.67. The third-order valence-electron chi connectivity index (χ3n) is 2.68. The molecule has 1 heterocycles. The van der Waals surface area contributed by atoms with Gasteiger partial charge >= 0.3 is 0 Å². The summed E-state index contributed by atoms with van der Waals surface area (Å²) in [4.78, 5) is 3.31. The second kappa shape index (κ2) is 3.46. The van der Waals surface area contributed by atoms with E-state index in [1.165, 1.54) is 22.0 Å². The average Bonchev–Trinajstić information content (AvgIpc) is 2.59. The van der Waals surface area contributed by atoms with Crippen LogP contribution in [0.4, 0.5) is 0 Å². The summed E-state index contributed by atoms with van der Waals surface area (Å²) in [6.07, 6.45) is 2.01. The maximum absolute atomic E-state index is 5.67. The molecular formula is C12H16N2. The van der Waals surface area contributed by atoms with E-state index >= 15 is 0 Å². The quantitative estimate of drug-likeness (QED) is 0.747. The fourth-order valence-electron chi connectivity index (χ4n) is 1.89. The highest BCUT2D eigenvalue weighted by Crippen LogP contribution is 2.26. The molecule has 2 rings (SSSR count). The van der Waals surface area contributed by atoms with Crippen molar-refractivity contribution in [2.45, 2.75) is 26.3 Å². The molecule has 3 N–H and O–H groups in total. The van der Waals surface area contributed by atoms with E-state index < -0.39 is 0 Å². The second-order valence-corrected chi connectivity index (χ2v) is 3.94. The highest BCUT2D eigenvalue weighted by atomic mass is 14.7. The van der Waals surface area contributed by atoms with Gasteiger partial charge in [0.1, 0.15) is 0 Å². The number of aromatic nitrogens is 1. The molecule has 0 aliphatic carbocycles. The maximum atomic E-state index is 5.67. The van der Waals surface area contributed by atoms with E-state index in [2.05, 4.69) is 37.0 Å². The minimum absolute atomic E-state index is 0.544. The van der Waals surface area contributed by atoms with Gasteiger partial charge in [0.25, 0.3) is 0 Å². The van der Waals surface area contributed by atoms with Crippen LogP contribution < -0.4 is 5.73 Å². The van der Waals surface area contributed by atoms with E-state index in [1.807, 2.05) is 6.20 Å². The lowest BCUT2D eigenvalue weighted by Crippen LogP contribution is -1.94. The third-order valence-corrected chi connectivity index (χ3v) is 2.68. The van der Waals surface area contributed by atoms with Gasteiger partial charge in [-0.15, -0.1) is 0 Å². The van der Waals surface area contributed by atoms with Gasteiger partial charge in [-0.3, -0.25) is 0 Å². The predicted octanol–water partition coefficient (Wildman–Crippen LogP) is 2.75. The Morgan fingerprint density at radius 2 is 2.14 bits per heavy atom. The number of nitrogens with two attached hydrogens (primary N) is 1. The molecule has 1 aromatic heterocycles.